The maximum absolute atomic E-state index is 14.2. The Morgan fingerprint density at radius 3 is 2.43 bits per heavy atom. The van der Waals surface area contributed by atoms with Crippen LogP contribution in [0.3, 0.4) is 0 Å². The lowest BCUT2D eigenvalue weighted by Gasteiger charge is -2.32. The average Bonchev–Trinajstić information content (AvgIpc) is 3.26. The Balaban J connectivity index is 1.55. The van der Waals surface area contributed by atoms with E-state index in [2.05, 4.69) is 0 Å². The van der Waals surface area contributed by atoms with Gasteiger partial charge in [0.2, 0.25) is 5.91 Å². The maximum atomic E-state index is 14.2. The van der Waals surface area contributed by atoms with E-state index in [1.54, 1.807) is 29.0 Å². The number of amides is 2. The number of hydrogen-bond acceptors (Lipinski definition) is 7. The number of β-lactam (4-membered cyclic amide) rings is 1. The Hall–Kier alpha value is -3.12. The van der Waals surface area contributed by atoms with Crippen LogP contribution in [-0.4, -0.2) is 54.2 Å². The molecule has 1 spiro atoms. The zero-order chi connectivity index (χ0) is 26.7. The highest BCUT2D eigenvalue weighted by Crippen LogP contribution is 2.60. The molecular weight excluding hydrogens is 494 g/mol. The van der Waals surface area contributed by atoms with Gasteiger partial charge in [0.15, 0.2) is 13.9 Å². The van der Waals surface area contributed by atoms with Gasteiger partial charge in [-0.2, -0.15) is 0 Å². The van der Waals surface area contributed by atoms with Gasteiger partial charge < -0.3 is 24.4 Å². The first-order chi connectivity index (χ1) is 17.5. The van der Waals surface area contributed by atoms with E-state index in [0.717, 1.165) is 11.3 Å². The van der Waals surface area contributed by atoms with Gasteiger partial charge in [-0.3, -0.25) is 19.7 Å². The molecule has 11 heteroatoms. The normalized spacial score (nSPS) is 27.1. The first-order valence-electron chi connectivity index (χ1n) is 12.5. The molecule has 5 rings (SSSR count). The molecule has 0 unspecified atom stereocenters. The van der Waals surface area contributed by atoms with Crippen molar-refractivity contribution >= 4 is 37.2 Å². The van der Waals surface area contributed by atoms with Crippen molar-refractivity contribution in [3.63, 3.8) is 0 Å². The first-order valence-corrected chi connectivity index (χ1v) is 15.5. The molecule has 3 aliphatic heterocycles. The Morgan fingerprint density at radius 2 is 1.89 bits per heavy atom. The Labute approximate surface area is 215 Å². The fraction of sp³-hybridized carbons (Fsp3) is 0.462. The highest BCUT2D eigenvalue weighted by atomic mass is 28.4. The number of nitro groups is 1. The molecule has 2 aromatic carbocycles. The third-order valence-corrected chi connectivity index (χ3v) is 10.5. The van der Waals surface area contributed by atoms with E-state index in [1.807, 2.05) is 31.2 Å². The van der Waals surface area contributed by atoms with Gasteiger partial charge in [0.1, 0.15) is 0 Å². The van der Waals surface area contributed by atoms with Gasteiger partial charge in [-0.25, -0.2) is 0 Å². The molecule has 4 atom stereocenters. The van der Waals surface area contributed by atoms with Crippen LogP contribution in [0.4, 0.5) is 17.1 Å². The average molecular weight is 526 g/mol. The number of nitro benzene ring substituents is 1. The minimum atomic E-state index is -2.86. The second-order valence-corrected chi connectivity index (χ2v) is 14.7. The summed E-state index contributed by atoms with van der Waals surface area (Å²) in [7, 11) is -2.86. The summed E-state index contributed by atoms with van der Waals surface area (Å²) in [5.74, 6) is -0.718. The molecule has 0 saturated carbocycles. The van der Waals surface area contributed by atoms with Crippen LogP contribution in [0, 0.1) is 16.0 Å². The van der Waals surface area contributed by atoms with Gasteiger partial charge in [-0.1, -0.05) is 19.1 Å². The van der Waals surface area contributed by atoms with E-state index >= 15 is 0 Å². The predicted molar refractivity (Wildman–Crippen MR) is 139 cm³/mol. The minimum Gasteiger partial charge on any atom is -0.432 e. The summed E-state index contributed by atoms with van der Waals surface area (Å²) < 4.78 is 6.48. The van der Waals surface area contributed by atoms with E-state index in [-0.39, 0.29) is 42.6 Å². The van der Waals surface area contributed by atoms with Crippen molar-refractivity contribution in [1.29, 1.82) is 0 Å². The van der Waals surface area contributed by atoms with Gasteiger partial charge in [-0.15, -0.1) is 0 Å². The molecule has 196 valence electrons. The number of rotatable bonds is 7. The highest BCUT2D eigenvalue weighted by Gasteiger charge is 2.66. The smallest absolute Gasteiger partial charge is 0.269 e. The van der Waals surface area contributed by atoms with Crippen molar-refractivity contribution in [1.82, 2.24) is 0 Å². The lowest BCUT2D eigenvalue weighted by atomic mass is 9.82. The van der Waals surface area contributed by atoms with Crippen LogP contribution in [0.5, 0.6) is 0 Å². The number of benzene rings is 2. The number of ether oxygens (including phenoxy) is 1. The highest BCUT2D eigenvalue weighted by molar-refractivity contribution is 6.71. The molecule has 3 heterocycles. The van der Waals surface area contributed by atoms with Crippen molar-refractivity contribution < 1.29 is 29.2 Å². The van der Waals surface area contributed by atoms with E-state index in [0.29, 0.717) is 24.2 Å². The zero-order valence-corrected chi connectivity index (χ0v) is 22.1. The van der Waals surface area contributed by atoms with Crippen LogP contribution in [0.1, 0.15) is 30.9 Å². The van der Waals surface area contributed by atoms with Gasteiger partial charge in [0.05, 0.1) is 23.3 Å². The molecule has 0 bridgehead atoms. The van der Waals surface area contributed by atoms with E-state index in [4.69, 9.17) is 4.74 Å². The summed E-state index contributed by atoms with van der Waals surface area (Å²) in [5, 5.41) is 21.3. The topological polar surface area (TPSA) is 133 Å². The van der Waals surface area contributed by atoms with Crippen molar-refractivity contribution in [3.8, 4) is 0 Å². The third-order valence-electron chi connectivity index (χ3n) is 8.03. The summed E-state index contributed by atoms with van der Waals surface area (Å²) in [5.41, 5.74) is 0.591. The predicted octanol–water partition coefficient (Wildman–Crippen LogP) is 3.06. The molecule has 0 radical (unpaired) electrons. The molecule has 2 fully saturated rings. The van der Waals surface area contributed by atoms with Gasteiger partial charge in [0, 0.05) is 54.4 Å². The molecule has 37 heavy (non-hydrogen) atoms. The van der Waals surface area contributed by atoms with E-state index in [1.165, 1.54) is 12.1 Å². The number of aliphatic hydroxyl groups is 1. The quantitative estimate of drug-likeness (QED) is 0.246. The number of carbonyl (C=O) groups is 2. The SMILES string of the molecule is C[C@@H]1[C@@H]([Si](C)(C)O)[C@H](CCO)O[C@@]12C(=O)N(Cc1ccc(N3CCC3=O)cc1)c1ccc([N+](=O)[O-])cc12. The zero-order valence-electron chi connectivity index (χ0n) is 21.1. The summed E-state index contributed by atoms with van der Waals surface area (Å²) in [6.45, 7) is 6.17. The number of anilines is 2. The maximum Gasteiger partial charge on any atom is 0.269 e. The van der Waals surface area contributed by atoms with Crippen molar-refractivity contribution in [2.45, 2.75) is 56.7 Å². The first kappa shape index (κ1) is 25.5. The standard InChI is InChI=1S/C26H31N3O7Si/c1-16-24(37(2,3)35)22(11-13-30)36-26(16)20-14-19(29(33)34)8-9-21(20)28(25(26)32)15-17-4-6-18(7-5-17)27-12-10-23(27)31/h4-9,14,16,22,24,30,35H,10-13,15H2,1-3H3/t16-,22+,24-,26+/m1/s1. The van der Waals surface area contributed by atoms with Gasteiger partial charge in [0.25, 0.3) is 11.6 Å². The second kappa shape index (κ2) is 9.01. The van der Waals surface area contributed by atoms with Crippen molar-refractivity contribution in [3.05, 3.63) is 63.7 Å². The molecule has 0 aromatic heterocycles. The Morgan fingerprint density at radius 1 is 1.19 bits per heavy atom. The fourth-order valence-electron chi connectivity index (χ4n) is 6.28. The number of fused-ring (bicyclic) bond motifs is 2. The summed E-state index contributed by atoms with van der Waals surface area (Å²) in [6.07, 6.45) is 0.233. The molecule has 2 amide bonds. The fourth-order valence-corrected chi connectivity index (χ4v) is 8.89. The molecular formula is C26H31N3O7Si. The largest absolute Gasteiger partial charge is 0.432 e. The number of aliphatic hydroxyl groups excluding tert-OH is 1. The van der Waals surface area contributed by atoms with Crippen molar-refractivity contribution in [2.75, 3.05) is 23.0 Å². The summed E-state index contributed by atoms with van der Waals surface area (Å²) >= 11 is 0. The molecule has 0 aliphatic carbocycles. The molecule has 10 nitrogen and oxygen atoms in total. The third kappa shape index (κ3) is 3.97. The van der Waals surface area contributed by atoms with Crippen molar-refractivity contribution in [2.24, 2.45) is 5.92 Å². The van der Waals surface area contributed by atoms with Crippen LogP contribution in [0.15, 0.2) is 42.5 Å². The molecule has 2 aromatic rings. The molecule has 3 aliphatic rings. The Bertz CT molecular complexity index is 1260. The van der Waals surface area contributed by atoms with Crippen LogP contribution in [-0.2, 0) is 26.5 Å². The Kier molecular flexibility index (Phi) is 6.22. The second-order valence-electron chi connectivity index (χ2n) is 10.7. The van der Waals surface area contributed by atoms with Gasteiger partial charge in [-0.05, 0) is 43.3 Å². The number of non-ortho nitro benzene ring substituents is 1. The van der Waals surface area contributed by atoms with E-state index < -0.39 is 30.9 Å². The van der Waals surface area contributed by atoms with Gasteiger partial charge >= 0.3 is 0 Å². The summed E-state index contributed by atoms with van der Waals surface area (Å²) in [6, 6.07) is 11.8. The minimum absolute atomic E-state index is 0.0784. The van der Waals surface area contributed by atoms with Crippen LogP contribution >= 0.6 is 0 Å². The van der Waals surface area contributed by atoms with Crippen LogP contribution in [0.2, 0.25) is 18.6 Å². The van der Waals surface area contributed by atoms with E-state index in [9.17, 15) is 29.6 Å². The lowest BCUT2D eigenvalue weighted by molar-refractivity contribution is -0.385. The number of carbonyl (C=O) groups excluding carboxylic acids is 2. The monoisotopic (exact) mass is 525 g/mol. The van der Waals surface area contributed by atoms with Crippen LogP contribution in [0.25, 0.3) is 0 Å². The van der Waals surface area contributed by atoms with Crippen LogP contribution < -0.4 is 9.80 Å². The summed E-state index contributed by atoms with van der Waals surface area (Å²) in [4.78, 5) is 51.6. The lowest BCUT2D eigenvalue weighted by Crippen LogP contribution is -2.46. The number of hydrogen-bond donors (Lipinski definition) is 2. The molecule has 2 saturated heterocycles. The molecule has 2 N–H and O–H groups in total. The number of nitrogens with zero attached hydrogens (tertiary/aromatic N) is 3.